The maximum atomic E-state index is 15.1. The number of hydrogen-bond donors (Lipinski definition) is 4. The fourth-order valence-corrected chi connectivity index (χ4v) is 5.68. The molecule has 2 aliphatic rings. The minimum absolute atomic E-state index is 0.0355. The minimum atomic E-state index is -0.495. The summed E-state index contributed by atoms with van der Waals surface area (Å²) in [5, 5.41) is 27.3. The molecule has 1 saturated carbocycles. The zero-order chi connectivity index (χ0) is 29.5. The molecule has 5 rings (SSSR count). The molecule has 220 valence electrons. The number of carbonyl (C=O) groups excluding carboxylic acids is 1. The summed E-state index contributed by atoms with van der Waals surface area (Å²) < 4.78 is 16.8. The molecule has 1 saturated heterocycles. The van der Waals surface area contributed by atoms with Crippen molar-refractivity contribution < 1.29 is 19.4 Å². The molecule has 41 heavy (non-hydrogen) atoms. The van der Waals surface area contributed by atoms with E-state index in [-0.39, 0.29) is 48.4 Å². The van der Waals surface area contributed by atoms with Gasteiger partial charge in [0.15, 0.2) is 0 Å². The molecule has 0 bridgehead atoms. The summed E-state index contributed by atoms with van der Waals surface area (Å²) in [6.07, 6.45) is 3.77. The number of nitrogens with one attached hydrogen (secondary N) is 2. The average molecular weight is 565 g/mol. The second-order valence-electron chi connectivity index (χ2n) is 12.5. The van der Waals surface area contributed by atoms with Gasteiger partial charge in [0.05, 0.1) is 6.61 Å². The van der Waals surface area contributed by atoms with Gasteiger partial charge in [-0.3, -0.25) is 14.5 Å². The molecule has 4 N–H and O–H groups in total. The SMILES string of the molecule is Cc1c(F)cc(C(=O)NC2CC2)cc1-c1ccc2c(=O)n(CC(C)(C)CO)cc([C@@H](C)N3CCN[C@@H](CO)C3)c2c1. The third-order valence-electron chi connectivity index (χ3n) is 8.48. The predicted molar refractivity (Wildman–Crippen MR) is 159 cm³/mol. The fraction of sp³-hybridized carbons (Fsp3) is 0.500. The number of carbonyl (C=O) groups is 1. The Balaban J connectivity index is 1.64. The Morgan fingerprint density at radius 1 is 1.20 bits per heavy atom. The number of nitrogens with zero attached hydrogens (tertiary/aromatic N) is 2. The average Bonchev–Trinajstić information content (AvgIpc) is 3.79. The van der Waals surface area contributed by atoms with E-state index in [4.69, 9.17) is 0 Å². The largest absolute Gasteiger partial charge is 0.396 e. The Morgan fingerprint density at radius 3 is 2.63 bits per heavy atom. The van der Waals surface area contributed by atoms with Crippen LogP contribution in [0.5, 0.6) is 0 Å². The van der Waals surface area contributed by atoms with Gasteiger partial charge in [0.1, 0.15) is 5.82 Å². The van der Waals surface area contributed by atoms with Crippen molar-refractivity contribution in [2.75, 3.05) is 32.8 Å². The third kappa shape index (κ3) is 6.23. The third-order valence-corrected chi connectivity index (χ3v) is 8.48. The van der Waals surface area contributed by atoms with Crippen molar-refractivity contribution in [3.63, 3.8) is 0 Å². The van der Waals surface area contributed by atoms with E-state index in [1.54, 1.807) is 23.6 Å². The van der Waals surface area contributed by atoms with E-state index in [9.17, 15) is 19.8 Å². The monoisotopic (exact) mass is 564 g/mol. The van der Waals surface area contributed by atoms with Gasteiger partial charge in [-0.15, -0.1) is 0 Å². The first-order chi connectivity index (χ1) is 19.5. The first-order valence-electron chi connectivity index (χ1n) is 14.5. The highest BCUT2D eigenvalue weighted by Crippen LogP contribution is 2.34. The highest BCUT2D eigenvalue weighted by Gasteiger charge is 2.28. The summed E-state index contributed by atoms with van der Waals surface area (Å²) in [4.78, 5) is 28.8. The highest BCUT2D eigenvalue weighted by atomic mass is 19.1. The second kappa shape index (κ2) is 11.6. The number of halogens is 1. The lowest BCUT2D eigenvalue weighted by Crippen LogP contribution is -2.52. The Bertz CT molecular complexity index is 1510. The van der Waals surface area contributed by atoms with Gasteiger partial charge in [0, 0.05) is 73.5 Å². The Kier molecular flexibility index (Phi) is 8.34. The van der Waals surface area contributed by atoms with E-state index in [1.807, 2.05) is 32.2 Å². The minimum Gasteiger partial charge on any atom is -0.396 e. The molecular formula is C32H41FN4O4. The summed E-state index contributed by atoms with van der Waals surface area (Å²) in [6, 6.07) is 8.59. The van der Waals surface area contributed by atoms with E-state index in [0.717, 1.165) is 42.4 Å². The molecule has 1 aromatic heterocycles. The fourth-order valence-electron chi connectivity index (χ4n) is 5.68. The number of rotatable bonds is 9. The summed E-state index contributed by atoms with van der Waals surface area (Å²) in [6.45, 7) is 10.1. The topological polar surface area (TPSA) is 107 Å². The van der Waals surface area contributed by atoms with Gasteiger partial charge in [0.25, 0.3) is 11.5 Å². The number of pyridine rings is 1. The van der Waals surface area contributed by atoms with Crippen molar-refractivity contribution in [2.24, 2.45) is 5.41 Å². The molecule has 2 aromatic carbocycles. The van der Waals surface area contributed by atoms with Gasteiger partial charge >= 0.3 is 0 Å². The van der Waals surface area contributed by atoms with Crippen LogP contribution in [0.15, 0.2) is 41.3 Å². The molecule has 0 spiro atoms. The summed E-state index contributed by atoms with van der Waals surface area (Å²) in [5.41, 5.74) is 2.34. The number of aliphatic hydroxyl groups is 2. The van der Waals surface area contributed by atoms with Crippen LogP contribution in [0.4, 0.5) is 4.39 Å². The zero-order valence-corrected chi connectivity index (χ0v) is 24.3. The van der Waals surface area contributed by atoms with Crippen molar-refractivity contribution in [1.29, 1.82) is 0 Å². The summed E-state index contributed by atoms with van der Waals surface area (Å²) >= 11 is 0. The standard InChI is InChI=1S/C32H41FN4O4/c1-19-26(12-22(13-29(19)33)30(40)35-23-6-7-23)21-5-8-25-27(11-21)28(15-37(31(25)41)17-32(3,4)18-39)20(2)36-10-9-34-24(14-36)16-38/h5,8,11-13,15,20,23-24,34,38-39H,6-7,9-10,14,16-18H2,1-4H3,(H,35,40)/t20-,24-/m1/s1. The van der Waals surface area contributed by atoms with Gasteiger partial charge in [-0.2, -0.15) is 0 Å². The highest BCUT2D eigenvalue weighted by molar-refractivity contribution is 5.97. The number of aliphatic hydroxyl groups excluding tert-OH is 2. The number of hydrogen-bond acceptors (Lipinski definition) is 6. The van der Waals surface area contributed by atoms with Crippen LogP contribution in [0.3, 0.4) is 0 Å². The van der Waals surface area contributed by atoms with Crippen molar-refractivity contribution in [2.45, 2.75) is 65.2 Å². The van der Waals surface area contributed by atoms with Gasteiger partial charge in [-0.1, -0.05) is 19.9 Å². The first-order valence-corrected chi connectivity index (χ1v) is 14.5. The molecule has 3 aromatic rings. The molecule has 1 aliphatic carbocycles. The van der Waals surface area contributed by atoms with Crippen molar-refractivity contribution >= 4 is 16.7 Å². The van der Waals surface area contributed by atoms with E-state index in [2.05, 4.69) is 22.5 Å². The van der Waals surface area contributed by atoms with Crippen LogP contribution in [0.2, 0.25) is 0 Å². The van der Waals surface area contributed by atoms with Gasteiger partial charge in [-0.25, -0.2) is 4.39 Å². The molecule has 2 fully saturated rings. The Labute approximate surface area is 240 Å². The molecule has 2 atom stereocenters. The predicted octanol–water partition coefficient (Wildman–Crippen LogP) is 3.35. The van der Waals surface area contributed by atoms with Crippen LogP contribution >= 0.6 is 0 Å². The summed E-state index contributed by atoms with van der Waals surface area (Å²) in [5.74, 6) is -0.732. The quantitative estimate of drug-likeness (QED) is 0.318. The zero-order valence-electron chi connectivity index (χ0n) is 24.3. The lowest BCUT2D eigenvalue weighted by molar-refractivity contribution is 0.0950. The number of benzene rings is 2. The molecule has 0 unspecified atom stereocenters. The number of piperazine rings is 1. The smallest absolute Gasteiger partial charge is 0.258 e. The van der Waals surface area contributed by atoms with Crippen LogP contribution in [-0.4, -0.2) is 70.5 Å². The van der Waals surface area contributed by atoms with E-state index in [0.29, 0.717) is 29.6 Å². The Morgan fingerprint density at radius 2 is 1.95 bits per heavy atom. The van der Waals surface area contributed by atoms with E-state index in [1.165, 1.54) is 6.07 Å². The molecule has 0 radical (unpaired) electrons. The van der Waals surface area contributed by atoms with Crippen molar-refractivity contribution in [3.05, 3.63) is 69.4 Å². The van der Waals surface area contributed by atoms with Crippen LogP contribution in [0.25, 0.3) is 21.9 Å². The molecule has 1 amide bonds. The lowest BCUT2D eigenvalue weighted by Gasteiger charge is -2.37. The number of aromatic nitrogens is 1. The molecule has 2 heterocycles. The second-order valence-corrected chi connectivity index (χ2v) is 12.5. The molecule has 1 aliphatic heterocycles. The van der Waals surface area contributed by atoms with E-state index >= 15 is 4.39 Å². The lowest BCUT2D eigenvalue weighted by atomic mass is 9.92. The van der Waals surface area contributed by atoms with Crippen LogP contribution in [0, 0.1) is 18.2 Å². The maximum absolute atomic E-state index is 15.1. The van der Waals surface area contributed by atoms with Gasteiger partial charge < -0.3 is 25.4 Å². The van der Waals surface area contributed by atoms with Crippen molar-refractivity contribution in [3.8, 4) is 11.1 Å². The van der Waals surface area contributed by atoms with Crippen LogP contribution in [0.1, 0.15) is 61.1 Å². The molecule has 8 nitrogen and oxygen atoms in total. The Hall–Kier alpha value is -3.11. The molecular weight excluding hydrogens is 523 g/mol. The summed E-state index contributed by atoms with van der Waals surface area (Å²) in [7, 11) is 0. The van der Waals surface area contributed by atoms with Crippen LogP contribution < -0.4 is 16.2 Å². The first kappa shape index (κ1) is 29.4. The van der Waals surface area contributed by atoms with Crippen LogP contribution in [-0.2, 0) is 6.54 Å². The normalized spacial score (nSPS) is 19.0. The van der Waals surface area contributed by atoms with Gasteiger partial charge in [-0.05, 0) is 78.6 Å². The number of amides is 1. The van der Waals surface area contributed by atoms with Gasteiger partial charge in [0.2, 0.25) is 0 Å². The maximum Gasteiger partial charge on any atom is 0.258 e. The van der Waals surface area contributed by atoms with Crippen molar-refractivity contribution in [1.82, 2.24) is 20.1 Å². The molecule has 9 heteroatoms. The number of fused-ring (bicyclic) bond motifs is 1. The van der Waals surface area contributed by atoms with E-state index < -0.39 is 11.2 Å².